The van der Waals surface area contributed by atoms with Gasteiger partial charge in [0.15, 0.2) is 17.0 Å². The Morgan fingerprint density at radius 3 is 2.77 bits per heavy atom. The lowest BCUT2D eigenvalue weighted by molar-refractivity contribution is -0.0197. The summed E-state index contributed by atoms with van der Waals surface area (Å²) in [5.74, 6) is 0.960. The van der Waals surface area contributed by atoms with E-state index in [1.54, 1.807) is 11.3 Å². The van der Waals surface area contributed by atoms with E-state index in [9.17, 15) is 5.11 Å². The van der Waals surface area contributed by atoms with Crippen LogP contribution in [0.2, 0.25) is 0 Å². The third-order valence-corrected chi connectivity index (χ3v) is 6.02. The smallest absolute Gasteiger partial charge is 0.207 e. The van der Waals surface area contributed by atoms with E-state index in [-0.39, 0.29) is 18.9 Å². The van der Waals surface area contributed by atoms with Crippen molar-refractivity contribution in [3.63, 3.8) is 0 Å². The zero-order valence-corrected chi connectivity index (χ0v) is 17.0. The summed E-state index contributed by atoms with van der Waals surface area (Å²) < 4.78 is 7.90. The van der Waals surface area contributed by atoms with E-state index in [1.807, 2.05) is 4.57 Å². The third kappa shape index (κ3) is 3.51. The van der Waals surface area contributed by atoms with Crippen molar-refractivity contribution in [2.24, 2.45) is 0 Å². The maximum atomic E-state index is 9.44. The van der Waals surface area contributed by atoms with Crippen molar-refractivity contribution in [2.45, 2.75) is 31.7 Å². The van der Waals surface area contributed by atoms with Gasteiger partial charge in [0.25, 0.3) is 0 Å². The number of rotatable bonds is 6. The molecule has 0 bridgehead atoms. The average molecular weight is 423 g/mol. The van der Waals surface area contributed by atoms with E-state index in [4.69, 9.17) is 10.5 Å². The van der Waals surface area contributed by atoms with Gasteiger partial charge in [-0.25, -0.2) is 15.0 Å². The van der Waals surface area contributed by atoms with E-state index < -0.39 is 0 Å². The van der Waals surface area contributed by atoms with Crippen molar-refractivity contribution in [1.29, 1.82) is 0 Å². The Kier molecular flexibility index (Phi) is 5.07. The van der Waals surface area contributed by atoms with Gasteiger partial charge in [0.05, 0.1) is 12.7 Å². The summed E-state index contributed by atoms with van der Waals surface area (Å²) in [5.41, 5.74) is 10.8. The van der Waals surface area contributed by atoms with Crippen LogP contribution in [0.5, 0.6) is 0 Å². The number of fused-ring (bicyclic) bond motifs is 1. The highest BCUT2D eigenvalue weighted by atomic mass is 32.1. The molecule has 4 heterocycles. The first-order valence-electron chi connectivity index (χ1n) is 9.83. The number of imidazole rings is 1. The molecule has 154 valence electrons. The van der Waals surface area contributed by atoms with Gasteiger partial charge < -0.3 is 20.9 Å². The van der Waals surface area contributed by atoms with Crippen molar-refractivity contribution < 1.29 is 9.84 Å². The Bertz CT molecular complexity index is 1140. The van der Waals surface area contributed by atoms with Gasteiger partial charge in [0.2, 0.25) is 5.95 Å². The monoisotopic (exact) mass is 422 g/mol. The number of aliphatic hydroxyl groups is 1. The van der Waals surface area contributed by atoms with Crippen LogP contribution in [0.4, 0.5) is 11.8 Å². The lowest BCUT2D eigenvalue weighted by atomic mass is 10.1. The van der Waals surface area contributed by atoms with Gasteiger partial charge >= 0.3 is 0 Å². The Labute approximate surface area is 177 Å². The third-order valence-electron chi connectivity index (χ3n) is 5.34. The van der Waals surface area contributed by atoms with Crippen molar-refractivity contribution in [3.8, 4) is 11.1 Å². The number of nitrogens with one attached hydrogen (secondary N) is 1. The minimum absolute atomic E-state index is 0.000503. The van der Waals surface area contributed by atoms with Gasteiger partial charge in [-0.1, -0.05) is 24.3 Å². The van der Waals surface area contributed by atoms with E-state index in [2.05, 4.69) is 61.4 Å². The summed E-state index contributed by atoms with van der Waals surface area (Å²) in [6, 6.07) is 10.6. The number of anilines is 2. The van der Waals surface area contributed by atoms with Crippen LogP contribution in [0, 0.1) is 0 Å². The molecule has 4 aromatic rings. The van der Waals surface area contributed by atoms with Crippen molar-refractivity contribution >= 4 is 34.3 Å². The number of ether oxygens (including phenoxy) is 1. The Hall–Kier alpha value is -3.01. The second kappa shape index (κ2) is 8.02. The predicted octanol–water partition coefficient (Wildman–Crippen LogP) is 3.42. The number of hydrogen-bond acceptors (Lipinski definition) is 8. The van der Waals surface area contributed by atoms with Crippen LogP contribution in [0.15, 0.2) is 47.4 Å². The molecule has 0 aliphatic carbocycles. The molecule has 8 nitrogen and oxygen atoms in total. The van der Waals surface area contributed by atoms with Crippen molar-refractivity contribution in [2.75, 3.05) is 17.7 Å². The first-order valence-corrected chi connectivity index (χ1v) is 10.8. The number of nitrogens with zero attached hydrogens (tertiary/aromatic N) is 4. The number of aromatic nitrogens is 4. The first kappa shape index (κ1) is 19.0. The molecule has 9 heteroatoms. The molecule has 0 spiro atoms. The normalized spacial score (nSPS) is 18.8. The highest BCUT2D eigenvalue weighted by molar-refractivity contribution is 7.08. The SMILES string of the molecule is Nc1ncnc2c1nc(NCc1ccc(-c3ccsc3)cc1)n2[C@H]1CC[C@@H](CO)O1. The molecular formula is C21H22N6O2S. The van der Waals surface area contributed by atoms with Gasteiger partial charge in [0, 0.05) is 6.54 Å². The van der Waals surface area contributed by atoms with Crippen LogP contribution in [-0.2, 0) is 11.3 Å². The summed E-state index contributed by atoms with van der Waals surface area (Å²) in [5, 5.41) is 17.1. The molecule has 1 aromatic carbocycles. The lowest BCUT2D eigenvalue weighted by Crippen LogP contribution is -2.17. The molecular weight excluding hydrogens is 400 g/mol. The van der Waals surface area contributed by atoms with E-state index in [0.717, 1.165) is 18.4 Å². The Balaban J connectivity index is 1.41. The number of benzene rings is 1. The molecule has 1 aliphatic rings. The molecule has 0 radical (unpaired) electrons. The van der Waals surface area contributed by atoms with Gasteiger partial charge in [0.1, 0.15) is 12.6 Å². The number of aliphatic hydroxyl groups excluding tert-OH is 1. The maximum absolute atomic E-state index is 9.44. The zero-order valence-electron chi connectivity index (χ0n) is 16.2. The van der Waals surface area contributed by atoms with Crippen molar-refractivity contribution in [3.05, 3.63) is 53.0 Å². The molecule has 2 atom stereocenters. The van der Waals surface area contributed by atoms with Gasteiger partial charge in [-0.3, -0.25) is 4.57 Å². The minimum atomic E-state index is -0.259. The summed E-state index contributed by atoms with van der Waals surface area (Å²) in [7, 11) is 0. The molecule has 5 rings (SSSR count). The summed E-state index contributed by atoms with van der Waals surface area (Å²) in [6.07, 6.45) is 2.55. The van der Waals surface area contributed by atoms with E-state index in [0.29, 0.717) is 29.5 Å². The highest BCUT2D eigenvalue weighted by Gasteiger charge is 2.30. The van der Waals surface area contributed by atoms with Crippen LogP contribution in [-0.4, -0.2) is 37.3 Å². The standard InChI is InChI=1S/C21H22N6O2S/c22-19-18-20(25-12-24-19)27(17-6-5-16(10-28)29-17)21(26-18)23-9-13-1-3-14(4-2-13)15-7-8-30-11-15/h1-4,7-8,11-12,16-17,28H,5-6,9-10H2,(H,23,26)(H2,22,24,25)/t16-,17+/m0/s1. The maximum Gasteiger partial charge on any atom is 0.207 e. The molecule has 4 N–H and O–H groups in total. The Morgan fingerprint density at radius 1 is 1.17 bits per heavy atom. The summed E-state index contributed by atoms with van der Waals surface area (Å²) in [4.78, 5) is 13.1. The van der Waals surface area contributed by atoms with Crippen LogP contribution >= 0.6 is 11.3 Å². The zero-order chi connectivity index (χ0) is 20.5. The predicted molar refractivity (Wildman–Crippen MR) is 117 cm³/mol. The van der Waals surface area contributed by atoms with Crippen LogP contribution in [0.3, 0.4) is 0 Å². The molecule has 1 fully saturated rings. The molecule has 0 saturated carbocycles. The van der Waals surface area contributed by atoms with Gasteiger partial charge in [-0.2, -0.15) is 11.3 Å². The number of nitrogen functional groups attached to an aromatic ring is 1. The lowest BCUT2D eigenvalue weighted by Gasteiger charge is -2.17. The van der Waals surface area contributed by atoms with E-state index >= 15 is 0 Å². The van der Waals surface area contributed by atoms with Crippen molar-refractivity contribution in [1.82, 2.24) is 19.5 Å². The fourth-order valence-electron chi connectivity index (χ4n) is 3.76. The largest absolute Gasteiger partial charge is 0.394 e. The van der Waals surface area contributed by atoms with Gasteiger partial charge in [-0.05, 0) is 46.4 Å². The summed E-state index contributed by atoms with van der Waals surface area (Å²) in [6.45, 7) is 0.593. The molecule has 1 aliphatic heterocycles. The second-order valence-electron chi connectivity index (χ2n) is 7.27. The van der Waals surface area contributed by atoms with Gasteiger partial charge in [-0.15, -0.1) is 0 Å². The second-order valence-corrected chi connectivity index (χ2v) is 8.05. The molecule has 3 aromatic heterocycles. The first-order chi connectivity index (χ1) is 14.7. The summed E-state index contributed by atoms with van der Waals surface area (Å²) >= 11 is 1.69. The van der Waals surface area contributed by atoms with Crippen LogP contribution in [0.25, 0.3) is 22.3 Å². The molecule has 0 amide bonds. The fourth-order valence-corrected chi connectivity index (χ4v) is 4.42. The number of hydrogen-bond donors (Lipinski definition) is 3. The molecule has 0 unspecified atom stereocenters. The topological polar surface area (TPSA) is 111 Å². The fraction of sp³-hybridized carbons (Fsp3) is 0.286. The molecule has 1 saturated heterocycles. The van der Waals surface area contributed by atoms with E-state index in [1.165, 1.54) is 17.5 Å². The quantitative estimate of drug-likeness (QED) is 0.436. The highest BCUT2D eigenvalue weighted by Crippen LogP contribution is 2.34. The number of nitrogens with two attached hydrogens (primary N) is 1. The Morgan fingerprint density at radius 2 is 2.03 bits per heavy atom. The molecule has 30 heavy (non-hydrogen) atoms. The minimum Gasteiger partial charge on any atom is -0.394 e. The van der Waals surface area contributed by atoms with Crippen LogP contribution in [0.1, 0.15) is 24.6 Å². The average Bonchev–Trinajstić information content (AvgIpc) is 3.52. The van der Waals surface area contributed by atoms with Crippen LogP contribution < -0.4 is 11.1 Å². The number of thiophene rings is 1.